The van der Waals surface area contributed by atoms with Crippen LogP contribution in [0.4, 0.5) is 0 Å². The molecule has 1 aromatic rings. The van der Waals surface area contributed by atoms with Gasteiger partial charge in [-0.05, 0) is 42.9 Å². The molecule has 1 aromatic heterocycles. The third-order valence-corrected chi connectivity index (χ3v) is 6.56. The number of hydrogen-bond donors (Lipinski definition) is 1. The van der Waals surface area contributed by atoms with E-state index in [4.69, 9.17) is 11.6 Å². The maximum absolute atomic E-state index is 6.08. The van der Waals surface area contributed by atoms with Gasteiger partial charge in [0.2, 0.25) is 0 Å². The zero-order valence-electron chi connectivity index (χ0n) is 10.7. The molecule has 94 valence electrons. The number of rotatable bonds is 4. The third-order valence-electron chi connectivity index (χ3n) is 5.10. The Morgan fingerprint density at radius 1 is 1.35 bits per heavy atom. The summed E-state index contributed by atoms with van der Waals surface area (Å²) in [4.78, 5) is 1.45. The van der Waals surface area contributed by atoms with E-state index in [9.17, 15) is 0 Å². The van der Waals surface area contributed by atoms with Crippen molar-refractivity contribution in [2.45, 2.75) is 45.1 Å². The molecule has 1 N–H and O–H groups in total. The second-order valence-electron chi connectivity index (χ2n) is 6.26. The summed E-state index contributed by atoms with van der Waals surface area (Å²) >= 11 is 7.83. The molecule has 2 aliphatic carbocycles. The van der Waals surface area contributed by atoms with Crippen LogP contribution >= 0.6 is 22.9 Å². The van der Waals surface area contributed by atoms with Crippen LogP contribution < -0.4 is 5.32 Å². The van der Waals surface area contributed by atoms with Gasteiger partial charge >= 0.3 is 0 Å². The molecule has 0 aromatic carbocycles. The largest absolute Gasteiger partial charge is 0.314 e. The quantitative estimate of drug-likeness (QED) is 0.869. The highest BCUT2D eigenvalue weighted by Crippen LogP contribution is 2.70. The Balaban J connectivity index is 1.76. The zero-order chi connectivity index (χ0) is 12.3. The van der Waals surface area contributed by atoms with Crippen LogP contribution in [0.1, 0.15) is 38.5 Å². The summed E-state index contributed by atoms with van der Waals surface area (Å²) in [6.45, 7) is 8.33. The monoisotopic (exact) mass is 269 g/mol. The lowest BCUT2D eigenvalue weighted by atomic mass is 9.96. The molecule has 17 heavy (non-hydrogen) atoms. The van der Waals surface area contributed by atoms with E-state index in [1.165, 1.54) is 17.7 Å². The van der Waals surface area contributed by atoms with Crippen LogP contribution in [0.15, 0.2) is 12.1 Å². The Labute approximate surface area is 113 Å². The van der Waals surface area contributed by atoms with E-state index >= 15 is 0 Å². The molecule has 0 aliphatic heterocycles. The molecule has 0 amide bonds. The van der Waals surface area contributed by atoms with Crippen molar-refractivity contribution in [2.24, 2.45) is 11.3 Å². The highest BCUT2D eigenvalue weighted by Gasteiger charge is 2.68. The zero-order valence-corrected chi connectivity index (χ0v) is 12.3. The van der Waals surface area contributed by atoms with E-state index in [2.05, 4.69) is 32.2 Å². The normalized spacial score (nSPS) is 34.9. The Morgan fingerprint density at radius 2 is 2.06 bits per heavy atom. The van der Waals surface area contributed by atoms with Crippen molar-refractivity contribution in [3.8, 4) is 0 Å². The van der Waals surface area contributed by atoms with Gasteiger partial charge in [-0.25, -0.2) is 0 Å². The fourth-order valence-corrected chi connectivity index (χ4v) is 4.63. The van der Waals surface area contributed by atoms with Crippen molar-refractivity contribution in [2.75, 3.05) is 6.54 Å². The van der Waals surface area contributed by atoms with Crippen LogP contribution in [0.25, 0.3) is 0 Å². The molecule has 0 spiro atoms. The van der Waals surface area contributed by atoms with Gasteiger partial charge in [0, 0.05) is 16.3 Å². The molecule has 0 saturated heterocycles. The van der Waals surface area contributed by atoms with Crippen molar-refractivity contribution in [1.82, 2.24) is 5.32 Å². The smallest absolute Gasteiger partial charge is 0.0931 e. The second-order valence-corrected chi connectivity index (χ2v) is 7.98. The van der Waals surface area contributed by atoms with E-state index in [-0.39, 0.29) is 0 Å². The highest BCUT2D eigenvalue weighted by atomic mass is 35.5. The summed E-state index contributed by atoms with van der Waals surface area (Å²) in [6, 6.07) is 5.06. The van der Waals surface area contributed by atoms with Crippen molar-refractivity contribution < 1.29 is 0 Å². The third kappa shape index (κ3) is 1.76. The summed E-state index contributed by atoms with van der Waals surface area (Å²) < 4.78 is 0.915. The summed E-state index contributed by atoms with van der Waals surface area (Å²) in [6.07, 6.45) is 2.74. The van der Waals surface area contributed by atoms with Crippen LogP contribution in [0, 0.1) is 11.3 Å². The maximum atomic E-state index is 6.08. The van der Waals surface area contributed by atoms with E-state index in [0.717, 1.165) is 22.8 Å². The predicted molar refractivity (Wildman–Crippen MR) is 75.0 cm³/mol. The molecule has 2 atom stereocenters. The predicted octanol–water partition coefficient (Wildman–Crippen LogP) is 4.07. The first kappa shape index (κ1) is 12.0. The molecule has 3 heteroatoms. The Kier molecular flexibility index (Phi) is 2.63. The average Bonchev–Trinajstić information content (AvgIpc) is 3.08. The van der Waals surface area contributed by atoms with Gasteiger partial charge in [0.1, 0.15) is 0 Å². The van der Waals surface area contributed by atoms with Crippen LogP contribution in [0.2, 0.25) is 4.34 Å². The summed E-state index contributed by atoms with van der Waals surface area (Å²) in [5, 5.41) is 3.68. The highest BCUT2D eigenvalue weighted by molar-refractivity contribution is 7.16. The van der Waals surface area contributed by atoms with Crippen molar-refractivity contribution >= 4 is 22.9 Å². The van der Waals surface area contributed by atoms with Gasteiger partial charge in [-0.15, -0.1) is 11.3 Å². The second kappa shape index (κ2) is 3.72. The Bertz CT molecular complexity index is 435. The van der Waals surface area contributed by atoms with E-state index in [0.29, 0.717) is 10.8 Å². The Morgan fingerprint density at radius 3 is 2.59 bits per heavy atom. The van der Waals surface area contributed by atoms with Gasteiger partial charge in [0.05, 0.1) is 4.34 Å². The van der Waals surface area contributed by atoms with Gasteiger partial charge in [0.25, 0.3) is 0 Å². The molecular weight excluding hydrogens is 250 g/mol. The molecule has 1 heterocycles. The van der Waals surface area contributed by atoms with Crippen molar-refractivity contribution in [3.05, 3.63) is 21.3 Å². The molecule has 2 aliphatic rings. The standard InChI is InChI=1S/C14H20ClNS/c1-13(2)10(8-16-9-4-5-9)14(13,3)11-6-7-12(15)17-11/h6-7,9-10,16H,4-5,8H2,1-3H3. The minimum atomic E-state index is 0.312. The fraction of sp³-hybridized carbons (Fsp3) is 0.714. The van der Waals surface area contributed by atoms with E-state index < -0.39 is 0 Å². The molecule has 0 bridgehead atoms. The first-order chi connectivity index (χ1) is 7.96. The molecule has 2 fully saturated rings. The topological polar surface area (TPSA) is 12.0 Å². The van der Waals surface area contributed by atoms with Gasteiger partial charge in [-0.2, -0.15) is 0 Å². The number of nitrogens with one attached hydrogen (secondary N) is 1. The van der Waals surface area contributed by atoms with Crippen molar-refractivity contribution in [3.63, 3.8) is 0 Å². The van der Waals surface area contributed by atoms with E-state index in [1.54, 1.807) is 11.3 Å². The SMILES string of the molecule is CC1(C)C(CNC2CC2)C1(C)c1ccc(Cl)s1. The van der Waals surface area contributed by atoms with E-state index in [1.807, 2.05) is 6.07 Å². The summed E-state index contributed by atoms with van der Waals surface area (Å²) in [7, 11) is 0. The first-order valence-electron chi connectivity index (χ1n) is 6.45. The molecular formula is C14H20ClNS. The molecule has 2 saturated carbocycles. The number of halogens is 1. The molecule has 2 unspecified atom stereocenters. The summed E-state index contributed by atoms with van der Waals surface area (Å²) in [5.41, 5.74) is 0.704. The van der Waals surface area contributed by atoms with Gasteiger partial charge in [-0.3, -0.25) is 0 Å². The lowest BCUT2D eigenvalue weighted by Gasteiger charge is -2.12. The van der Waals surface area contributed by atoms with Gasteiger partial charge in [0.15, 0.2) is 0 Å². The number of thiophene rings is 1. The van der Waals surface area contributed by atoms with Crippen LogP contribution in [-0.2, 0) is 5.41 Å². The molecule has 3 rings (SSSR count). The average molecular weight is 270 g/mol. The minimum Gasteiger partial charge on any atom is -0.314 e. The molecule has 0 radical (unpaired) electrons. The van der Waals surface area contributed by atoms with Crippen LogP contribution in [-0.4, -0.2) is 12.6 Å². The number of hydrogen-bond acceptors (Lipinski definition) is 2. The van der Waals surface area contributed by atoms with Crippen LogP contribution in [0.3, 0.4) is 0 Å². The first-order valence-corrected chi connectivity index (χ1v) is 7.65. The minimum absolute atomic E-state index is 0.312. The summed E-state index contributed by atoms with van der Waals surface area (Å²) in [5.74, 6) is 0.741. The lowest BCUT2D eigenvalue weighted by molar-refractivity contribution is 0.507. The Hall–Kier alpha value is -0.0500. The van der Waals surface area contributed by atoms with Crippen LogP contribution in [0.5, 0.6) is 0 Å². The van der Waals surface area contributed by atoms with Crippen molar-refractivity contribution in [1.29, 1.82) is 0 Å². The molecule has 1 nitrogen and oxygen atoms in total. The van der Waals surface area contributed by atoms with Gasteiger partial charge < -0.3 is 5.32 Å². The fourth-order valence-electron chi connectivity index (χ4n) is 3.22. The van der Waals surface area contributed by atoms with Gasteiger partial charge in [-0.1, -0.05) is 32.4 Å². The lowest BCUT2D eigenvalue weighted by Crippen LogP contribution is -2.22. The maximum Gasteiger partial charge on any atom is 0.0931 e.